The molecule has 0 unspecified atom stereocenters. The molecule has 1 aromatic rings. The van der Waals surface area contributed by atoms with Crippen LogP contribution < -0.4 is 5.73 Å². The molecule has 0 saturated heterocycles. The van der Waals surface area contributed by atoms with Gasteiger partial charge in [-0.1, -0.05) is 15.9 Å². The van der Waals surface area contributed by atoms with E-state index in [-0.39, 0.29) is 4.47 Å². The monoisotopic (exact) mass is 283 g/mol. The number of anilines is 1. The Morgan fingerprint density at radius 2 is 1.93 bits per heavy atom. The number of carboxylic acid groups (broad SMARTS) is 1. The Morgan fingerprint density at radius 1 is 1.40 bits per heavy atom. The van der Waals surface area contributed by atoms with Gasteiger partial charge in [-0.3, -0.25) is 0 Å². The molecule has 0 aliphatic carbocycles. The van der Waals surface area contributed by atoms with Crippen LogP contribution >= 0.6 is 15.9 Å². The molecular formula is C8H5BrF3NO2. The first-order valence-corrected chi connectivity index (χ1v) is 4.42. The molecule has 3 nitrogen and oxygen atoms in total. The van der Waals surface area contributed by atoms with Crippen molar-refractivity contribution < 1.29 is 23.1 Å². The number of hydrogen-bond donors (Lipinski definition) is 2. The van der Waals surface area contributed by atoms with Gasteiger partial charge in [-0.25, -0.2) is 4.79 Å². The molecule has 0 amide bonds. The first kappa shape index (κ1) is 11.8. The minimum atomic E-state index is -4.78. The van der Waals surface area contributed by atoms with E-state index >= 15 is 0 Å². The Hall–Kier alpha value is -1.24. The number of alkyl halides is 3. The first-order chi connectivity index (χ1) is 6.73. The number of carbonyl (C=O) groups is 1. The highest BCUT2D eigenvalue weighted by Crippen LogP contribution is 2.37. The van der Waals surface area contributed by atoms with Crippen LogP contribution in [0.2, 0.25) is 0 Å². The Balaban J connectivity index is 3.55. The van der Waals surface area contributed by atoms with E-state index in [1.807, 2.05) is 0 Å². The Labute approximate surface area is 90.8 Å². The van der Waals surface area contributed by atoms with Crippen molar-refractivity contribution in [3.63, 3.8) is 0 Å². The van der Waals surface area contributed by atoms with Crippen molar-refractivity contribution >= 4 is 27.6 Å². The molecule has 0 aromatic heterocycles. The summed E-state index contributed by atoms with van der Waals surface area (Å²) in [7, 11) is 0. The van der Waals surface area contributed by atoms with Crippen LogP contribution in [0, 0.1) is 0 Å². The van der Waals surface area contributed by atoms with E-state index in [0.29, 0.717) is 0 Å². The molecule has 1 aromatic carbocycles. The Kier molecular flexibility index (Phi) is 2.94. The third kappa shape index (κ3) is 2.41. The molecule has 0 atom stereocenters. The van der Waals surface area contributed by atoms with Gasteiger partial charge in [-0.15, -0.1) is 0 Å². The van der Waals surface area contributed by atoms with Crippen molar-refractivity contribution in [3.8, 4) is 0 Å². The average Bonchev–Trinajstić information content (AvgIpc) is 1.99. The molecule has 7 heteroatoms. The summed E-state index contributed by atoms with van der Waals surface area (Å²) in [5.74, 6) is -1.67. The van der Waals surface area contributed by atoms with Crippen molar-refractivity contribution in [2.45, 2.75) is 6.18 Å². The molecule has 1 rings (SSSR count). The fraction of sp³-hybridized carbons (Fsp3) is 0.125. The Morgan fingerprint density at radius 3 is 2.33 bits per heavy atom. The van der Waals surface area contributed by atoms with Crippen molar-refractivity contribution in [1.82, 2.24) is 0 Å². The van der Waals surface area contributed by atoms with Gasteiger partial charge in [0.2, 0.25) is 0 Å². The molecule has 3 N–H and O–H groups in total. The van der Waals surface area contributed by atoms with E-state index in [1.54, 1.807) is 0 Å². The van der Waals surface area contributed by atoms with Crippen LogP contribution in [0.3, 0.4) is 0 Å². The average molecular weight is 284 g/mol. The summed E-state index contributed by atoms with van der Waals surface area (Å²) in [5, 5.41) is 8.60. The van der Waals surface area contributed by atoms with E-state index in [4.69, 9.17) is 10.8 Å². The minimum absolute atomic E-state index is 0.186. The smallest absolute Gasteiger partial charge is 0.419 e. The second-order valence-corrected chi connectivity index (χ2v) is 3.64. The SMILES string of the molecule is Nc1cc(Br)cc(C(=O)O)c1C(F)(F)F. The summed E-state index contributed by atoms with van der Waals surface area (Å²) < 4.78 is 37.5. The molecule has 0 spiro atoms. The van der Waals surface area contributed by atoms with Gasteiger partial charge >= 0.3 is 12.1 Å². The predicted molar refractivity (Wildman–Crippen MR) is 50.5 cm³/mol. The van der Waals surface area contributed by atoms with Gasteiger partial charge in [-0.05, 0) is 12.1 Å². The number of nitrogens with two attached hydrogens (primary N) is 1. The maximum atomic E-state index is 12.4. The molecule has 82 valence electrons. The normalized spacial score (nSPS) is 11.5. The van der Waals surface area contributed by atoms with Crippen LogP contribution in [0.1, 0.15) is 15.9 Å². The van der Waals surface area contributed by atoms with Gasteiger partial charge in [0.15, 0.2) is 0 Å². The lowest BCUT2D eigenvalue weighted by molar-refractivity contribution is -0.137. The topological polar surface area (TPSA) is 63.3 Å². The standard InChI is InChI=1S/C8H5BrF3NO2/c9-3-1-4(7(14)15)6(5(13)2-3)8(10,11)12/h1-2H,13H2,(H,14,15). The van der Waals surface area contributed by atoms with Crippen LogP contribution in [0.4, 0.5) is 18.9 Å². The van der Waals surface area contributed by atoms with E-state index in [0.717, 1.165) is 12.1 Å². The molecular weight excluding hydrogens is 279 g/mol. The number of hydrogen-bond acceptors (Lipinski definition) is 2. The number of aromatic carboxylic acids is 1. The van der Waals surface area contributed by atoms with E-state index in [2.05, 4.69) is 15.9 Å². The summed E-state index contributed by atoms with van der Waals surface area (Å²) in [6.45, 7) is 0. The van der Waals surface area contributed by atoms with Gasteiger partial charge < -0.3 is 10.8 Å². The van der Waals surface area contributed by atoms with Crippen molar-refractivity contribution in [3.05, 3.63) is 27.7 Å². The van der Waals surface area contributed by atoms with Gasteiger partial charge in [0.05, 0.1) is 11.1 Å². The third-order valence-electron chi connectivity index (χ3n) is 1.65. The summed E-state index contributed by atoms with van der Waals surface area (Å²) in [4.78, 5) is 10.6. The number of halogens is 4. The maximum absolute atomic E-state index is 12.4. The quantitative estimate of drug-likeness (QED) is 0.779. The molecule has 0 aliphatic rings. The van der Waals surface area contributed by atoms with Crippen LogP contribution in [-0.2, 0) is 6.18 Å². The summed E-state index contributed by atoms with van der Waals surface area (Å²) in [6.07, 6.45) is -4.78. The summed E-state index contributed by atoms with van der Waals surface area (Å²) in [5.41, 5.74) is 2.33. The molecule has 0 fully saturated rings. The largest absolute Gasteiger partial charge is 0.478 e. The molecule has 0 saturated carbocycles. The van der Waals surface area contributed by atoms with Gasteiger partial charge in [0.25, 0.3) is 0 Å². The number of carboxylic acids is 1. The lowest BCUT2D eigenvalue weighted by atomic mass is 10.1. The molecule has 15 heavy (non-hydrogen) atoms. The summed E-state index contributed by atoms with van der Waals surface area (Å²) in [6, 6.07) is 1.87. The highest BCUT2D eigenvalue weighted by molar-refractivity contribution is 9.10. The number of rotatable bonds is 1. The first-order valence-electron chi connectivity index (χ1n) is 3.63. The lowest BCUT2D eigenvalue weighted by Gasteiger charge is -2.13. The van der Waals surface area contributed by atoms with Crippen LogP contribution in [0.5, 0.6) is 0 Å². The second-order valence-electron chi connectivity index (χ2n) is 2.72. The van der Waals surface area contributed by atoms with Crippen molar-refractivity contribution in [2.75, 3.05) is 5.73 Å². The zero-order chi connectivity index (χ0) is 11.8. The molecule has 0 aliphatic heterocycles. The zero-order valence-corrected chi connectivity index (χ0v) is 8.69. The Bertz CT molecular complexity index is 417. The van der Waals surface area contributed by atoms with E-state index < -0.39 is 29.0 Å². The van der Waals surface area contributed by atoms with Crippen molar-refractivity contribution in [2.24, 2.45) is 0 Å². The lowest BCUT2D eigenvalue weighted by Crippen LogP contribution is -2.15. The van der Waals surface area contributed by atoms with Gasteiger partial charge in [0, 0.05) is 10.2 Å². The second kappa shape index (κ2) is 3.73. The van der Waals surface area contributed by atoms with Gasteiger partial charge in [0.1, 0.15) is 0 Å². The van der Waals surface area contributed by atoms with Crippen molar-refractivity contribution in [1.29, 1.82) is 0 Å². The molecule has 0 bridgehead atoms. The fourth-order valence-electron chi connectivity index (χ4n) is 1.11. The van der Waals surface area contributed by atoms with Crippen LogP contribution in [0.15, 0.2) is 16.6 Å². The highest BCUT2D eigenvalue weighted by atomic mass is 79.9. The van der Waals surface area contributed by atoms with Crippen LogP contribution in [-0.4, -0.2) is 11.1 Å². The maximum Gasteiger partial charge on any atom is 0.419 e. The summed E-state index contributed by atoms with van der Waals surface area (Å²) >= 11 is 2.87. The minimum Gasteiger partial charge on any atom is -0.478 e. The highest BCUT2D eigenvalue weighted by Gasteiger charge is 2.37. The predicted octanol–water partition coefficient (Wildman–Crippen LogP) is 2.75. The van der Waals surface area contributed by atoms with E-state index in [9.17, 15) is 18.0 Å². The molecule has 0 radical (unpaired) electrons. The molecule has 0 heterocycles. The van der Waals surface area contributed by atoms with Crippen LogP contribution in [0.25, 0.3) is 0 Å². The van der Waals surface area contributed by atoms with E-state index in [1.165, 1.54) is 0 Å². The zero-order valence-electron chi connectivity index (χ0n) is 7.10. The van der Waals surface area contributed by atoms with Gasteiger partial charge in [-0.2, -0.15) is 13.2 Å². The number of benzene rings is 1. The fourth-order valence-corrected chi connectivity index (χ4v) is 1.59. The third-order valence-corrected chi connectivity index (χ3v) is 2.11. The number of nitrogen functional groups attached to an aromatic ring is 1.